The zero-order chi connectivity index (χ0) is 12.8. The molecule has 0 saturated heterocycles. The van der Waals surface area contributed by atoms with Gasteiger partial charge in [0.2, 0.25) is 9.84 Å². The molecular formula is C12H12O4S. The van der Waals surface area contributed by atoms with E-state index in [0.717, 1.165) is 0 Å². The van der Waals surface area contributed by atoms with Crippen molar-refractivity contribution in [1.82, 2.24) is 0 Å². The first kappa shape index (κ1) is 11.9. The Labute approximate surface area is 99.5 Å². The smallest absolute Gasteiger partial charge is 0.310 e. The van der Waals surface area contributed by atoms with Crippen molar-refractivity contribution in [3.8, 4) is 0 Å². The number of carboxylic acid groups (broad SMARTS) is 1. The van der Waals surface area contributed by atoms with Gasteiger partial charge in [0, 0.05) is 4.91 Å². The Balaban J connectivity index is 2.56. The highest BCUT2D eigenvalue weighted by molar-refractivity contribution is 7.95. The SMILES string of the molecule is CC1=Cc2cc(C(C)C(=O)O)ccc2S1(=O)=O. The summed E-state index contributed by atoms with van der Waals surface area (Å²) < 4.78 is 23.6. The largest absolute Gasteiger partial charge is 0.481 e. The molecule has 90 valence electrons. The molecule has 0 bridgehead atoms. The van der Waals surface area contributed by atoms with Crippen LogP contribution in [0, 0.1) is 0 Å². The van der Waals surface area contributed by atoms with Gasteiger partial charge in [-0.2, -0.15) is 0 Å². The van der Waals surface area contributed by atoms with Crippen LogP contribution in [-0.4, -0.2) is 19.5 Å². The molecule has 1 heterocycles. The summed E-state index contributed by atoms with van der Waals surface area (Å²) in [6.07, 6.45) is 1.57. The van der Waals surface area contributed by atoms with Crippen molar-refractivity contribution >= 4 is 21.9 Å². The molecular weight excluding hydrogens is 240 g/mol. The maximum atomic E-state index is 11.8. The van der Waals surface area contributed by atoms with Gasteiger partial charge in [-0.25, -0.2) is 8.42 Å². The molecule has 1 aromatic rings. The van der Waals surface area contributed by atoms with Crippen LogP contribution in [0.25, 0.3) is 6.08 Å². The zero-order valence-electron chi connectivity index (χ0n) is 9.47. The van der Waals surface area contributed by atoms with Crippen LogP contribution in [0.2, 0.25) is 0 Å². The van der Waals surface area contributed by atoms with Crippen molar-refractivity contribution in [2.45, 2.75) is 24.7 Å². The van der Waals surface area contributed by atoms with E-state index in [-0.39, 0.29) is 4.90 Å². The van der Waals surface area contributed by atoms with E-state index in [2.05, 4.69) is 0 Å². The average Bonchev–Trinajstić information content (AvgIpc) is 2.48. The van der Waals surface area contributed by atoms with Crippen LogP contribution in [0.1, 0.15) is 30.9 Å². The second-order valence-corrected chi connectivity index (χ2v) is 6.21. The number of fused-ring (bicyclic) bond motifs is 1. The number of hydrogen-bond acceptors (Lipinski definition) is 3. The third-order valence-corrected chi connectivity index (χ3v) is 4.89. The molecule has 5 heteroatoms. The maximum absolute atomic E-state index is 11.8. The number of carboxylic acids is 1. The number of rotatable bonds is 2. The lowest BCUT2D eigenvalue weighted by Crippen LogP contribution is -2.08. The van der Waals surface area contributed by atoms with E-state index in [1.807, 2.05) is 0 Å². The summed E-state index contributed by atoms with van der Waals surface area (Å²) in [6.45, 7) is 3.11. The van der Waals surface area contributed by atoms with Crippen LogP contribution < -0.4 is 0 Å². The minimum Gasteiger partial charge on any atom is -0.481 e. The van der Waals surface area contributed by atoms with E-state index in [1.165, 1.54) is 13.0 Å². The van der Waals surface area contributed by atoms with Gasteiger partial charge >= 0.3 is 5.97 Å². The first-order valence-electron chi connectivity index (χ1n) is 5.14. The minimum atomic E-state index is -3.33. The number of aliphatic carboxylic acids is 1. The van der Waals surface area contributed by atoms with Gasteiger partial charge in [0.1, 0.15) is 0 Å². The molecule has 0 aliphatic carbocycles. The summed E-state index contributed by atoms with van der Waals surface area (Å²) in [7, 11) is -3.33. The third-order valence-electron chi connectivity index (χ3n) is 2.98. The highest BCUT2D eigenvalue weighted by atomic mass is 32.2. The van der Waals surface area contributed by atoms with E-state index >= 15 is 0 Å². The van der Waals surface area contributed by atoms with Crippen LogP contribution in [0.5, 0.6) is 0 Å². The monoisotopic (exact) mass is 252 g/mol. The molecule has 17 heavy (non-hydrogen) atoms. The Hall–Kier alpha value is -1.62. The average molecular weight is 252 g/mol. The summed E-state index contributed by atoms with van der Waals surface area (Å²) >= 11 is 0. The number of carbonyl (C=O) groups is 1. The van der Waals surface area contributed by atoms with E-state index in [9.17, 15) is 13.2 Å². The Morgan fingerprint density at radius 3 is 2.59 bits per heavy atom. The second kappa shape index (κ2) is 3.70. The molecule has 2 rings (SSSR count). The summed E-state index contributed by atoms with van der Waals surface area (Å²) in [5, 5.41) is 8.90. The fourth-order valence-electron chi connectivity index (χ4n) is 1.81. The molecule has 0 amide bonds. The standard InChI is InChI=1S/C12H12O4S/c1-7-5-10-6-9(8(2)12(13)14)3-4-11(10)17(7,15)16/h3-6,8H,1-2H3,(H,13,14). The fraction of sp³-hybridized carbons (Fsp3) is 0.250. The van der Waals surface area contributed by atoms with Crippen LogP contribution in [0.3, 0.4) is 0 Å². The zero-order valence-corrected chi connectivity index (χ0v) is 10.3. The first-order valence-corrected chi connectivity index (χ1v) is 6.62. The molecule has 1 aromatic carbocycles. The van der Waals surface area contributed by atoms with Gasteiger partial charge in [-0.3, -0.25) is 4.79 Å². The van der Waals surface area contributed by atoms with E-state index < -0.39 is 21.7 Å². The topological polar surface area (TPSA) is 71.4 Å². The Bertz CT molecular complexity index is 626. The van der Waals surface area contributed by atoms with Gasteiger partial charge in [0.05, 0.1) is 10.8 Å². The predicted octanol–water partition coefficient (Wildman–Crippen LogP) is 2.02. The van der Waals surface area contributed by atoms with E-state index in [1.54, 1.807) is 25.1 Å². The van der Waals surface area contributed by atoms with Crippen molar-refractivity contribution in [1.29, 1.82) is 0 Å². The summed E-state index contributed by atoms with van der Waals surface area (Å²) in [5.74, 6) is -1.57. The van der Waals surface area contributed by atoms with Crippen molar-refractivity contribution < 1.29 is 18.3 Å². The lowest BCUT2D eigenvalue weighted by molar-refractivity contribution is -0.138. The molecule has 1 aliphatic heterocycles. The lowest BCUT2D eigenvalue weighted by Gasteiger charge is -2.08. The number of benzene rings is 1. The first-order chi connectivity index (χ1) is 7.84. The highest BCUT2D eigenvalue weighted by Gasteiger charge is 2.27. The number of allylic oxidation sites excluding steroid dienone is 1. The normalized spacial score (nSPS) is 18.4. The van der Waals surface area contributed by atoms with Gasteiger partial charge in [0.25, 0.3) is 0 Å². The molecule has 4 nitrogen and oxygen atoms in total. The number of hydrogen-bond donors (Lipinski definition) is 1. The summed E-state index contributed by atoms with van der Waals surface area (Å²) in [6, 6.07) is 4.66. The molecule has 1 N–H and O–H groups in total. The van der Waals surface area contributed by atoms with Gasteiger partial charge in [0.15, 0.2) is 0 Å². The minimum absolute atomic E-state index is 0.260. The Kier molecular flexibility index (Phi) is 2.58. The maximum Gasteiger partial charge on any atom is 0.310 e. The predicted molar refractivity (Wildman–Crippen MR) is 63.3 cm³/mol. The van der Waals surface area contributed by atoms with Crippen molar-refractivity contribution in [3.05, 3.63) is 34.2 Å². The summed E-state index contributed by atoms with van der Waals surface area (Å²) in [4.78, 5) is 11.4. The molecule has 0 spiro atoms. The quantitative estimate of drug-likeness (QED) is 0.874. The van der Waals surface area contributed by atoms with E-state index in [0.29, 0.717) is 16.0 Å². The van der Waals surface area contributed by atoms with Crippen LogP contribution in [0.15, 0.2) is 28.0 Å². The van der Waals surface area contributed by atoms with Gasteiger partial charge in [-0.15, -0.1) is 0 Å². The molecule has 0 radical (unpaired) electrons. The van der Waals surface area contributed by atoms with Crippen LogP contribution >= 0.6 is 0 Å². The molecule has 0 aromatic heterocycles. The molecule has 1 unspecified atom stereocenters. The molecule has 0 saturated carbocycles. The van der Waals surface area contributed by atoms with Crippen molar-refractivity contribution in [2.75, 3.05) is 0 Å². The Morgan fingerprint density at radius 1 is 1.35 bits per heavy atom. The molecule has 1 aliphatic rings. The van der Waals surface area contributed by atoms with E-state index in [4.69, 9.17) is 5.11 Å². The summed E-state index contributed by atoms with van der Waals surface area (Å²) in [5.41, 5.74) is 1.19. The van der Waals surface area contributed by atoms with Crippen molar-refractivity contribution in [2.24, 2.45) is 0 Å². The lowest BCUT2D eigenvalue weighted by atomic mass is 9.99. The molecule has 1 atom stereocenters. The Morgan fingerprint density at radius 2 is 2.00 bits per heavy atom. The van der Waals surface area contributed by atoms with Crippen LogP contribution in [-0.2, 0) is 14.6 Å². The third kappa shape index (κ3) is 1.76. The number of sulfone groups is 1. The molecule has 0 fully saturated rings. The highest BCUT2D eigenvalue weighted by Crippen LogP contribution is 2.34. The van der Waals surface area contributed by atoms with Gasteiger partial charge in [-0.1, -0.05) is 6.07 Å². The van der Waals surface area contributed by atoms with Gasteiger partial charge < -0.3 is 5.11 Å². The van der Waals surface area contributed by atoms with Gasteiger partial charge in [-0.05, 0) is 43.2 Å². The fourth-order valence-corrected chi connectivity index (χ4v) is 3.11. The van der Waals surface area contributed by atoms with Crippen LogP contribution in [0.4, 0.5) is 0 Å². The second-order valence-electron chi connectivity index (χ2n) is 4.12. The van der Waals surface area contributed by atoms with Crippen molar-refractivity contribution in [3.63, 3.8) is 0 Å².